The molecular formula is C11H19BrN2. The van der Waals surface area contributed by atoms with E-state index in [4.69, 9.17) is 0 Å². The maximum Gasteiger partial charge on any atom is 0.0521 e. The molecule has 0 fully saturated rings. The summed E-state index contributed by atoms with van der Waals surface area (Å²) in [6.45, 7) is 4.57. The summed E-state index contributed by atoms with van der Waals surface area (Å²) in [5.74, 6) is 1.53. The molecule has 1 atom stereocenters. The topological polar surface area (TPSA) is 17.8 Å². The molecule has 0 aliphatic carbocycles. The zero-order valence-electron chi connectivity index (χ0n) is 9.20. The van der Waals surface area contributed by atoms with Crippen LogP contribution in [0.25, 0.3) is 0 Å². The highest BCUT2D eigenvalue weighted by molar-refractivity contribution is 9.09. The van der Waals surface area contributed by atoms with Gasteiger partial charge in [0.25, 0.3) is 0 Å². The van der Waals surface area contributed by atoms with Crippen LogP contribution in [0.3, 0.4) is 0 Å². The standard InChI is InChI=1S/C11H19BrN2/c1-9(2)11(6-12)5-4-10-7-13-14(3)8-10/h7-9,11H,4-6H2,1-3H3. The van der Waals surface area contributed by atoms with Gasteiger partial charge in [0, 0.05) is 18.6 Å². The Morgan fingerprint density at radius 2 is 2.21 bits per heavy atom. The lowest BCUT2D eigenvalue weighted by Gasteiger charge is -2.17. The first-order chi connectivity index (χ1) is 6.63. The molecule has 1 unspecified atom stereocenters. The number of aromatic nitrogens is 2. The number of aryl methyl sites for hydroxylation is 2. The van der Waals surface area contributed by atoms with Gasteiger partial charge in [0.2, 0.25) is 0 Å². The minimum absolute atomic E-state index is 0.756. The molecule has 0 radical (unpaired) electrons. The van der Waals surface area contributed by atoms with Crippen molar-refractivity contribution in [1.29, 1.82) is 0 Å². The van der Waals surface area contributed by atoms with Gasteiger partial charge < -0.3 is 0 Å². The van der Waals surface area contributed by atoms with Crippen LogP contribution in [0.2, 0.25) is 0 Å². The van der Waals surface area contributed by atoms with E-state index in [2.05, 4.69) is 41.1 Å². The molecule has 3 heteroatoms. The Kier molecular flexibility index (Phi) is 4.66. The van der Waals surface area contributed by atoms with Crippen molar-refractivity contribution in [3.8, 4) is 0 Å². The van der Waals surface area contributed by atoms with Crippen LogP contribution < -0.4 is 0 Å². The second kappa shape index (κ2) is 5.54. The van der Waals surface area contributed by atoms with Crippen LogP contribution in [0.4, 0.5) is 0 Å². The van der Waals surface area contributed by atoms with Gasteiger partial charge >= 0.3 is 0 Å². The lowest BCUT2D eigenvalue weighted by Crippen LogP contribution is -2.11. The average molecular weight is 259 g/mol. The smallest absolute Gasteiger partial charge is 0.0521 e. The molecule has 0 aliphatic rings. The highest BCUT2D eigenvalue weighted by Crippen LogP contribution is 2.19. The van der Waals surface area contributed by atoms with E-state index >= 15 is 0 Å². The zero-order valence-corrected chi connectivity index (χ0v) is 10.8. The summed E-state index contributed by atoms with van der Waals surface area (Å²) >= 11 is 3.57. The van der Waals surface area contributed by atoms with E-state index in [0.717, 1.165) is 23.6 Å². The summed E-state index contributed by atoms with van der Waals surface area (Å²) in [7, 11) is 1.97. The van der Waals surface area contributed by atoms with Gasteiger partial charge in [0.1, 0.15) is 0 Å². The number of nitrogens with zero attached hydrogens (tertiary/aromatic N) is 2. The van der Waals surface area contributed by atoms with Crippen molar-refractivity contribution in [2.75, 3.05) is 5.33 Å². The lowest BCUT2D eigenvalue weighted by molar-refractivity contribution is 0.402. The fourth-order valence-electron chi connectivity index (χ4n) is 1.54. The summed E-state index contributed by atoms with van der Waals surface area (Å²) in [6, 6.07) is 0. The second-order valence-electron chi connectivity index (χ2n) is 4.22. The van der Waals surface area contributed by atoms with Crippen molar-refractivity contribution in [2.45, 2.75) is 26.7 Å². The minimum Gasteiger partial charge on any atom is -0.276 e. The molecule has 0 saturated carbocycles. The van der Waals surface area contributed by atoms with Gasteiger partial charge in [-0.1, -0.05) is 29.8 Å². The van der Waals surface area contributed by atoms with Gasteiger partial charge in [-0.15, -0.1) is 0 Å². The Labute approximate surface area is 94.8 Å². The Balaban J connectivity index is 2.39. The molecular weight excluding hydrogens is 240 g/mol. The fraction of sp³-hybridized carbons (Fsp3) is 0.727. The van der Waals surface area contributed by atoms with Gasteiger partial charge in [0.05, 0.1) is 6.20 Å². The van der Waals surface area contributed by atoms with Crippen LogP contribution in [0, 0.1) is 11.8 Å². The lowest BCUT2D eigenvalue weighted by atomic mass is 9.92. The van der Waals surface area contributed by atoms with Crippen molar-refractivity contribution in [2.24, 2.45) is 18.9 Å². The Morgan fingerprint density at radius 3 is 2.64 bits per heavy atom. The van der Waals surface area contributed by atoms with Gasteiger partial charge in [-0.05, 0) is 30.2 Å². The van der Waals surface area contributed by atoms with Crippen LogP contribution in [0.15, 0.2) is 12.4 Å². The first-order valence-electron chi connectivity index (χ1n) is 5.17. The highest BCUT2D eigenvalue weighted by atomic mass is 79.9. The zero-order chi connectivity index (χ0) is 10.6. The first kappa shape index (κ1) is 11.8. The quantitative estimate of drug-likeness (QED) is 0.743. The normalized spacial score (nSPS) is 13.5. The van der Waals surface area contributed by atoms with Gasteiger partial charge in [-0.2, -0.15) is 5.10 Å². The fourth-order valence-corrected chi connectivity index (χ4v) is 2.61. The van der Waals surface area contributed by atoms with Crippen molar-refractivity contribution < 1.29 is 0 Å². The van der Waals surface area contributed by atoms with E-state index in [0.29, 0.717) is 0 Å². The van der Waals surface area contributed by atoms with Crippen molar-refractivity contribution in [3.05, 3.63) is 18.0 Å². The molecule has 0 amide bonds. The molecule has 0 aromatic carbocycles. The molecule has 80 valence electrons. The van der Waals surface area contributed by atoms with Gasteiger partial charge in [-0.3, -0.25) is 4.68 Å². The van der Waals surface area contributed by atoms with E-state index < -0.39 is 0 Å². The summed E-state index contributed by atoms with van der Waals surface area (Å²) in [5.41, 5.74) is 1.35. The van der Waals surface area contributed by atoms with Gasteiger partial charge in [0.15, 0.2) is 0 Å². The minimum atomic E-state index is 0.756. The van der Waals surface area contributed by atoms with Crippen molar-refractivity contribution in [3.63, 3.8) is 0 Å². The largest absolute Gasteiger partial charge is 0.276 e. The third-order valence-electron chi connectivity index (χ3n) is 2.70. The third kappa shape index (κ3) is 3.45. The summed E-state index contributed by atoms with van der Waals surface area (Å²) in [5, 5.41) is 5.27. The van der Waals surface area contributed by atoms with E-state index in [1.54, 1.807) is 0 Å². The number of hydrogen-bond acceptors (Lipinski definition) is 1. The molecule has 14 heavy (non-hydrogen) atoms. The predicted molar refractivity (Wildman–Crippen MR) is 63.7 cm³/mol. The predicted octanol–water partition coefficient (Wildman–Crippen LogP) is 3.02. The van der Waals surface area contributed by atoms with Crippen molar-refractivity contribution in [1.82, 2.24) is 9.78 Å². The molecule has 0 N–H and O–H groups in total. The van der Waals surface area contributed by atoms with E-state index in [1.807, 2.05) is 17.9 Å². The number of hydrogen-bond donors (Lipinski definition) is 0. The van der Waals surface area contributed by atoms with Crippen LogP contribution in [-0.4, -0.2) is 15.1 Å². The summed E-state index contributed by atoms with van der Waals surface area (Å²) in [4.78, 5) is 0. The monoisotopic (exact) mass is 258 g/mol. The second-order valence-corrected chi connectivity index (χ2v) is 4.87. The Morgan fingerprint density at radius 1 is 1.50 bits per heavy atom. The molecule has 0 spiro atoms. The molecule has 0 aliphatic heterocycles. The maximum atomic E-state index is 4.17. The van der Waals surface area contributed by atoms with E-state index in [-0.39, 0.29) is 0 Å². The molecule has 0 bridgehead atoms. The highest BCUT2D eigenvalue weighted by Gasteiger charge is 2.11. The number of rotatable bonds is 5. The summed E-state index contributed by atoms with van der Waals surface area (Å²) < 4.78 is 1.87. The molecule has 1 aromatic rings. The number of halogens is 1. The van der Waals surface area contributed by atoms with E-state index in [9.17, 15) is 0 Å². The first-order valence-corrected chi connectivity index (χ1v) is 6.29. The molecule has 0 saturated heterocycles. The third-order valence-corrected chi connectivity index (χ3v) is 3.53. The SMILES string of the molecule is CC(C)C(CBr)CCc1cnn(C)c1. The number of alkyl halides is 1. The molecule has 1 aromatic heterocycles. The Bertz CT molecular complexity index is 268. The molecule has 2 nitrogen and oxygen atoms in total. The summed E-state index contributed by atoms with van der Waals surface area (Å²) in [6.07, 6.45) is 6.45. The van der Waals surface area contributed by atoms with Crippen LogP contribution in [-0.2, 0) is 13.5 Å². The van der Waals surface area contributed by atoms with Crippen LogP contribution in [0.1, 0.15) is 25.8 Å². The Hall–Kier alpha value is -0.310. The average Bonchev–Trinajstić information content (AvgIpc) is 2.52. The van der Waals surface area contributed by atoms with Gasteiger partial charge in [-0.25, -0.2) is 0 Å². The van der Waals surface area contributed by atoms with Crippen LogP contribution in [0.5, 0.6) is 0 Å². The molecule has 1 rings (SSSR count). The van der Waals surface area contributed by atoms with Crippen molar-refractivity contribution >= 4 is 15.9 Å². The molecule has 1 heterocycles. The maximum absolute atomic E-state index is 4.17. The van der Waals surface area contributed by atoms with Crippen LogP contribution >= 0.6 is 15.9 Å². The van der Waals surface area contributed by atoms with E-state index in [1.165, 1.54) is 12.0 Å².